The maximum atomic E-state index is 12.2. The van der Waals surface area contributed by atoms with Crippen molar-refractivity contribution in [3.05, 3.63) is 71.4 Å². The molecule has 6 heteroatoms. The first-order valence-corrected chi connectivity index (χ1v) is 8.29. The van der Waals surface area contributed by atoms with E-state index >= 15 is 0 Å². The molecular formula is C20H19NO5. The van der Waals surface area contributed by atoms with Crippen molar-refractivity contribution >= 4 is 18.0 Å². The van der Waals surface area contributed by atoms with Crippen molar-refractivity contribution < 1.29 is 23.8 Å². The van der Waals surface area contributed by atoms with Crippen LogP contribution in [-0.2, 0) is 19.1 Å². The van der Waals surface area contributed by atoms with E-state index in [4.69, 9.17) is 14.2 Å². The molecule has 2 aromatic rings. The van der Waals surface area contributed by atoms with Crippen LogP contribution >= 0.6 is 0 Å². The zero-order valence-electron chi connectivity index (χ0n) is 14.3. The van der Waals surface area contributed by atoms with Crippen molar-refractivity contribution in [3.63, 3.8) is 0 Å². The molecule has 1 N–H and O–H groups in total. The Hall–Kier alpha value is -3.28. The molecule has 1 aliphatic rings. The summed E-state index contributed by atoms with van der Waals surface area (Å²) in [6.45, 7) is 1.83. The van der Waals surface area contributed by atoms with Crippen molar-refractivity contribution in [1.82, 2.24) is 5.32 Å². The lowest BCUT2D eigenvalue weighted by Crippen LogP contribution is -2.15. The molecule has 3 rings (SSSR count). The van der Waals surface area contributed by atoms with Gasteiger partial charge in [0.2, 0.25) is 0 Å². The SMILES string of the molecule is CCOC(=O)COc1ccccc1/C=C1\NC(c2ccccc2)OC1=O. The number of benzene rings is 2. The molecule has 1 saturated heterocycles. The summed E-state index contributed by atoms with van der Waals surface area (Å²) in [7, 11) is 0. The third-order valence-electron chi connectivity index (χ3n) is 3.70. The van der Waals surface area contributed by atoms with Crippen molar-refractivity contribution in [2.24, 2.45) is 0 Å². The average molecular weight is 353 g/mol. The predicted octanol–water partition coefficient (Wildman–Crippen LogP) is 2.81. The Labute approximate surface area is 151 Å². The average Bonchev–Trinajstić information content (AvgIpc) is 3.03. The van der Waals surface area contributed by atoms with Crippen LogP contribution in [0.25, 0.3) is 6.08 Å². The summed E-state index contributed by atoms with van der Waals surface area (Å²) in [6.07, 6.45) is 1.12. The lowest BCUT2D eigenvalue weighted by Gasteiger charge is -2.10. The Morgan fingerprint density at radius 2 is 1.88 bits per heavy atom. The molecule has 6 nitrogen and oxygen atoms in total. The van der Waals surface area contributed by atoms with Gasteiger partial charge in [-0.3, -0.25) is 0 Å². The normalized spacial score (nSPS) is 17.5. The maximum absolute atomic E-state index is 12.2. The number of para-hydroxylation sites is 1. The fourth-order valence-electron chi connectivity index (χ4n) is 2.51. The van der Waals surface area contributed by atoms with Crippen molar-refractivity contribution in [2.45, 2.75) is 13.2 Å². The van der Waals surface area contributed by atoms with Gasteiger partial charge in [0.15, 0.2) is 12.8 Å². The van der Waals surface area contributed by atoms with Crippen LogP contribution in [0.3, 0.4) is 0 Å². The Balaban J connectivity index is 1.75. The van der Waals surface area contributed by atoms with Crippen molar-refractivity contribution in [1.29, 1.82) is 0 Å². The van der Waals surface area contributed by atoms with E-state index in [0.717, 1.165) is 5.56 Å². The predicted molar refractivity (Wildman–Crippen MR) is 95.0 cm³/mol. The standard InChI is InChI=1S/C20H19NO5/c1-2-24-18(22)13-25-17-11-7-6-10-15(17)12-16-20(23)26-19(21-16)14-8-4-3-5-9-14/h3-12,19,21H,2,13H2,1H3/b16-12-. The van der Waals surface area contributed by atoms with Crippen LogP contribution in [0.2, 0.25) is 0 Å². The highest BCUT2D eigenvalue weighted by molar-refractivity contribution is 5.95. The van der Waals surface area contributed by atoms with Gasteiger partial charge in [-0.15, -0.1) is 0 Å². The molecule has 2 aromatic carbocycles. The first kappa shape index (κ1) is 17.5. The zero-order chi connectivity index (χ0) is 18.4. The lowest BCUT2D eigenvalue weighted by atomic mass is 10.1. The largest absolute Gasteiger partial charge is 0.481 e. The fraction of sp³-hybridized carbons (Fsp3) is 0.200. The number of hydrogen-bond donors (Lipinski definition) is 1. The first-order chi connectivity index (χ1) is 12.7. The first-order valence-electron chi connectivity index (χ1n) is 8.29. The smallest absolute Gasteiger partial charge is 0.356 e. The molecule has 0 aliphatic carbocycles. The number of rotatable bonds is 6. The molecule has 0 aromatic heterocycles. The summed E-state index contributed by atoms with van der Waals surface area (Å²) >= 11 is 0. The summed E-state index contributed by atoms with van der Waals surface area (Å²) in [5.41, 5.74) is 1.84. The Morgan fingerprint density at radius 1 is 1.15 bits per heavy atom. The van der Waals surface area contributed by atoms with Crippen LogP contribution in [0, 0.1) is 0 Å². The molecule has 26 heavy (non-hydrogen) atoms. The van der Waals surface area contributed by atoms with E-state index in [9.17, 15) is 9.59 Å². The van der Waals surface area contributed by atoms with E-state index in [1.165, 1.54) is 0 Å². The van der Waals surface area contributed by atoms with Gasteiger partial charge in [0.1, 0.15) is 11.4 Å². The van der Waals surface area contributed by atoms with Gasteiger partial charge in [0.05, 0.1) is 6.61 Å². The molecule has 1 atom stereocenters. The van der Waals surface area contributed by atoms with Crippen molar-refractivity contribution in [3.8, 4) is 5.75 Å². The van der Waals surface area contributed by atoms with Crippen LogP contribution in [0.4, 0.5) is 0 Å². The molecule has 1 aliphatic heterocycles. The van der Waals surface area contributed by atoms with E-state index in [2.05, 4.69) is 5.32 Å². The van der Waals surface area contributed by atoms with Crippen LogP contribution < -0.4 is 10.1 Å². The maximum Gasteiger partial charge on any atom is 0.356 e. The number of cyclic esters (lactones) is 1. The van der Waals surface area contributed by atoms with Gasteiger partial charge in [0.25, 0.3) is 0 Å². The highest BCUT2D eigenvalue weighted by Crippen LogP contribution is 2.27. The second kappa shape index (κ2) is 8.20. The van der Waals surface area contributed by atoms with E-state index in [0.29, 0.717) is 23.6 Å². The van der Waals surface area contributed by atoms with Gasteiger partial charge >= 0.3 is 11.9 Å². The second-order valence-corrected chi connectivity index (χ2v) is 5.53. The number of nitrogens with one attached hydrogen (secondary N) is 1. The number of hydrogen-bond acceptors (Lipinski definition) is 6. The highest BCUT2D eigenvalue weighted by atomic mass is 16.6. The summed E-state index contributed by atoms with van der Waals surface area (Å²) in [4.78, 5) is 23.6. The number of ether oxygens (including phenoxy) is 3. The molecule has 1 heterocycles. The minimum absolute atomic E-state index is 0.196. The van der Waals surface area contributed by atoms with Crippen LogP contribution in [0.15, 0.2) is 60.3 Å². The minimum Gasteiger partial charge on any atom is -0.481 e. The molecule has 0 saturated carbocycles. The van der Waals surface area contributed by atoms with Gasteiger partial charge in [0, 0.05) is 11.1 Å². The Kier molecular flexibility index (Phi) is 5.53. The Bertz CT molecular complexity index is 816. The molecule has 0 amide bonds. The van der Waals surface area contributed by atoms with E-state index < -0.39 is 18.2 Å². The van der Waals surface area contributed by atoms with Crippen molar-refractivity contribution in [2.75, 3.05) is 13.2 Å². The third kappa shape index (κ3) is 4.22. The molecule has 0 spiro atoms. The highest BCUT2D eigenvalue weighted by Gasteiger charge is 2.29. The second-order valence-electron chi connectivity index (χ2n) is 5.53. The lowest BCUT2D eigenvalue weighted by molar-refractivity contribution is -0.145. The molecule has 0 radical (unpaired) electrons. The monoisotopic (exact) mass is 353 g/mol. The minimum atomic E-state index is -0.525. The number of esters is 2. The molecule has 1 fully saturated rings. The number of carbonyl (C=O) groups excluding carboxylic acids is 2. The van der Waals surface area contributed by atoms with Gasteiger partial charge in [-0.2, -0.15) is 0 Å². The van der Waals surface area contributed by atoms with E-state index in [1.807, 2.05) is 36.4 Å². The summed E-state index contributed by atoms with van der Waals surface area (Å²) in [5, 5.41) is 3.06. The molecule has 1 unspecified atom stereocenters. The zero-order valence-corrected chi connectivity index (χ0v) is 14.3. The van der Waals surface area contributed by atoms with Gasteiger partial charge in [-0.1, -0.05) is 48.5 Å². The van der Waals surface area contributed by atoms with Gasteiger partial charge in [-0.25, -0.2) is 9.59 Å². The summed E-state index contributed by atoms with van der Waals surface area (Å²) in [5.74, 6) is -0.414. The van der Waals surface area contributed by atoms with Crippen LogP contribution in [0.5, 0.6) is 5.75 Å². The van der Waals surface area contributed by atoms with E-state index in [1.54, 1.807) is 31.2 Å². The van der Waals surface area contributed by atoms with Crippen LogP contribution in [0.1, 0.15) is 24.3 Å². The number of carbonyl (C=O) groups is 2. The molecule has 0 bridgehead atoms. The van der Waals surface area contributed by atoms with E-state index in [-0.39, 0.29) is 6.61 Å². The topological polar surface area (TPSA) is 73.9 Å². The molecule has 134 valence electrons. The molecular weight excluding hydrogens is 334 g/mol. The third-order valence-corrected chi connectivity index (χ3v) is 3.70. The van der Waals surface area contributed by atoms with Gasteiger partial charge in [-0.05, 0) is 19.1 Å². The van der Waals surface area contributed by atoms with Gasteiger partial charge < -0.3 is 19.5 Å². The quantitative estimate of drug-likeness (QED) is 0.636. The van der Waals surface area contributed by atoms with Crippen LogP contribution in [-0.4, -0.2) is 25.2 Å². The Morgan fingerprint density at radius 3 is 2.65 bits per heavy atom. The summed E-state index contributed by atoms with van der Waals surface area (Å²) < 4.78 is 15.7. The fourth-order valence-corrected chi connectivity index (χ4v) is 2.51. The summed E-state index contributed by atoms with van der Waals surface area (Å²) in [6, 6.07) is 16.5.